The SMILES string of the molecule is CCc1cc(Oc2c(C=O)c(C)nn2C)ccc1Cl. The molecule has 0 aliphatic carbocycles. The smallest absolute Gasteiger partial charge is 0.228 e. The van der Waals surface area contributed by atoms with Crippen LogP contribution in [0.4, 0.5) is 0 Å². The lowest BCUT2D eigenvalue weighted by molar-refractivity contribution is 0.112. The van der Waals surface area contributed by atoms with Gasteiger partial charge in [0, 0.05) is 12.1 Å². The normalized spacial score (nSPS) is 10.5. The molecule has 0 aliphatic heterocycles. The number of aryl methyl sites for hydroxylation is 3. The van der Waals surface area contributed by atoms with E-state index in [2.05, 4.69) is 5.10 Å². The van der Waals surface area contributed by atoms with Crippen LogP contribution in [0.2, 0.25) is 5.02 Å². The number of hydrogen-bond donors (Lipinski definition) is 0. The van der Waals surface area contributed by atoms with Crippen LogP contribution in [0.5, 0.6) is 11.6 Å². The molecule has 0 spiro atoms. The van der Waals surface area contributed by atoms with Crippen molar-refractivity contribution in [3.63, 3.8) is 0 Å². The monoisotopic (exact) mass is 278 g/mol. The summed E-state index contributed by atoms with van der Waals surface area (Å²) in [5.41, 5.74) is 2.12. The summed E-state index contributed by atoms with van der Waals surface area (Å²) < 4.78 is 7.31. The van der Waals surface area contributed by atoms with Crippen LogP contribution in [-0.4, -0.2) is 16.1 Å². The third-order valence-electron chi connectivity index (χ3n) is 2.94. The maximum Gasteiger partial charge on any atom is 0.228 e. The van der Waals surface area contributed by atoms with E-state index in [0.29, 0.717) is 27.9 Å². The molecular weight excluding hydrogens is 264 g/mol. The Morgan fingerprint density at radius 2 is 2.21 bits per heavy atom. The average molecular weight is 279 g/mol. The first kappa shape index (κ1) is 13.6. The number of nitrogens with zero attached hydrogens (tertiary/aromatic N) is 2. The summed E-state index contributed by atoms with van der Waals surface area (Å²) in [6.07, 6.45) is 1.58. The summed E-state index contributed by atoms with van der Waals surface area (Å²) in [4.78, 5) is 11.1. The molecular formula is C14H15ClN2O2. The van der Waals surface area contributed by atoms with Gasteiger partial charge in [0.1, 0.15) is 5.75 Å². The number of aromatic nitrogens is 2. The second kappa shape index (κ2) is 5.45. The fourth-order valence-electron chi connectivity index (χ4n) is 1.91. The Bertz CT molecular complexity index is 620. The van der Waals surface area contributed by atoms with Crippen molar-refractivity contribution in [3.8, 4) is 11.6 Å². The topological polar surface area (TPSA) is 44.1 Å². The van der Waals surface area contributed by atoms with Gasteiger partial charge in [-0.15, -0.1) is 0 Å². The van der Waals surface area contributed by atoms with Gasteiger partial charge in [-0.25, -0.2) is 4.68 Å². The highest BCUT2D eigenvalue weighted by Gasteiger charge is 2.15. The number of hydrogen-bond acceptors (Lipinski definition) is 3. The minimum absolute atomic E-state index is 0.442. The van der Waals surface area contributed by atoms with Crippen molar-refractivity contribution in [2.75, 3.05) is 0 Å². The van der Waals surface area contributed by atoms with Crippen LogP contribution < -0.4 is 4.74 Å². The largest absolute Gasteiger partial charge is 0.439 e. The molecule has 0 N–H and O–H groups in total. The van der Waals surface area contributed by atoms with Crippen molar-refractivity contribution in [2.45, 2.75) is 20.3 Å². The number of halogens is 1. The first-order chi connectivity index (χ1) is 9.06. The van der Waals surface area contributed by atoms with Gasteiger partial charge in [-0.2, -0.15) is 5.10 Å². The molecule has 1 aromatic carbocycles. The van der Waals surface area contributed by atoms with Crippen LogP contribution in [0.15, 0.2) is 18.2 Å². The van der Waals surface area contributed by atoms with Crippen LogP contribution in [0, 0.1) is 6.92 Å². The molecule has 1 aromatic heterocycles. The minimum Gasteiger partial charge on any atom is -0.439 e. The van der Waals surface area contributed by atoms with E-state index in [1.807, 2.05) is 13.0 Å². The van der Waals surface area contributed by atoms with E-state index < -0.39 is 0 Å². The maximum absolute atomic E-state index is 11.1. The Hall–Kier alpha value is -1.81. The minimum atomic E-state index is 0.442. The first-order valence-electron chi connectivity index (χ1n) is 6.01. The molecule has 0 atom stereocenters. The third-order valence-corrected chi connectivity index (χ3v) is 3.31. The van der Waals surface area contributed by atoms with E-state index in [1.54, 1.807) is 30.8 Å². The van der Waals surface area contributed by atoms with Crippen LogP contribution in [0.3, 0.4) is 0 Å². The Morgan fingerprint density at radius 1 is 1.47 bits per heavy atom. The molecule has 0 unspecified atom stereocenters. The number of rotatable bonds is 4. The number of aldehydes is 1. The van der Waals surface area contributed by atoms with Gasteiger partial charge in [0.05, 0.1) is 11.3 Å². The zero-order valence-corrected chi connectivity index (χ0v) is 11.9. The van der Waals surface area contributed by atoms with Gasteiger partial charge in [-0.05, 0) is 37.1 Å². The molecule has 19 heavy (non-hydrogen) atoms. The van der Waals surface area contributed by atoms with Crippen LogP contribution in [0.1, 0.15) is 28.5 Å². The summed E-state index contributed by atoms with van der Waals surface area (Å²) in [5, 5.41) is 4.89. The third kappa shape index (κ3) is 2.63. The second-order valence-electron chi connectivity index (χ2n) is 4.25. The number of benzene rings is 1. The number of carbonyl (C=O) groups is 1. The van der Waals surface area contributed by atoms with Gasteiger partial charge in [-0.1, -0.05) is 18.5 Å². The molecule has 0 aliphatic rings. The zero-order valence-electron chi connectivity index (χ0n) is 11.1. The summed E-state index contributed by atoms with van der Waals surface area (Å²) in [7, 11) is 1.74. The number of carbonyl (C=O) groups excluding carboxylic acids is 1. The van der Waals surface area contributed by atoms with E-state index in [4.69, 9.17) is 16.3 Å². The van der Waals surface area contributed by atoms with Gasteiger partial charge in [0.15, 0.2) is 6.29 Å². The highest BCUT2D eigenvalue weighted by Crippen LogP contribution is 2.29. The molecule has 0 saturated heterocycles. The van der Waals surface area contributed by atoms with E-state index in [-0.39, 0.29) is 0 Å². The van der Waals surface area contributed by atoms with E-state index in [9.17, 15) is 4.79 Å². The predicted octanol–water partition coefficient (Wildman–Crippen LogP) is 3.55. The zero-order chi connectivity index (χ0) is 14.0. The van der Waals surface area contributed by atoms with Crippen molar-refractivity contribution in [1.29, 1.82) is 0 Å². The number of ether oxygens (including phenoxy) is 1. The van der Waals surface area contributed by atoms with Crippen molar-refractivity contribution in [2.24, 2.45) is 7.05 Å². The molecule has 2 rings (SSSR count). The van der Waals surface area contributed by atoms with Crippen LogP contribution in [0.25, 0.3) is 0 Å². The Kier molecular flexibility index (Phi) is 3.90. The summed E-state index contributed by atoms with van der Waals surface area (Å²) in [6.45, 7) is 3.80. The van der Waals surface area contributed by atoms with Crippen molar-refractivity contribution < 1.29 is 9.53 Å². The Morgan fingerprint density at radius 3 is 2.84 bits per heavy atom. The summed E-state index contributed by atoms with van der Waals surface area (Å²) >= 11 is 6.06. The van der Waals surface area contributed by atoms with Crippen LogP contribution in [-0.2, 0) is 13.5 Å². The lowest BCUT2D eigenvalue weighted by Crippen LogP contribution is -1.97. The quantitative estimate of drug-likeness (QED) is 0.804. The standard InChI is InChI=1S/C14H15ClN2O2/c1-4-10-7-11(5-6-13(10)15)19-14-12(8-18)9(2)16-17(14)3/h5-8H,4H2,1-3H3. The van der Waals surface area contributed by atoms with Gasteiger partial charge in [0.25, 0.3) is 0 Å². The second-order valence-corrected chi connectivity index (χ2v) is 4.66. The molecule has 5 heteroatoms. The summed E-state index contributed by atoms with van der Waals surface area (Å²) in [6, 6.07) is 5.44. The Labute approximate surface area is 116 Å². The van der Waals surface area contributed by atoms with Crippen molar-refractivity contribution in [1.82, 2.24) is 9.78 Å². The molecule has 4 nitrogen and oxygen atoms in total. The van der Waals surface area contributed by atoms with E-state index in [1.165, 1.54) is 0 Å². The summed E-state index contributed by atoms with van der Waals surface area (Å²) in [5.74, 6) is 1.09. The molecule has 0 fully saturated rings. The fraction of sp³-hybridized carbons (Fsp3) is 0.286. The molecule has 0 amide bonds. The van der Waals surface area contributed by atoms with E-state index >= 15 is 0 Å². The lowest BCUT2D eigenvalue weighted by Gasteiger charge is -2.09. The van der Waals surface area contributed by atoms with Gasteiger partial charge < -0.3 is 4.74 Å². The molecule has 0 radical (unpaired) electrons. The van der Waals surface area contributed by atoms with Gasteiger partial charge in [0.2, 0.25) is 5.88 Å². The van der Waals surface area contributed by atoms with Gasteiger partial charge in [-0.3, -0.25) is 4.79 Å². The lowest BCUT2D eigenvalue weighted by atomic mass is 10.1. The fourth-order valence-corrected chi connectivity index (χ4v) is 2.16. The van der Waals surface area contributed by atoms with Crippen molar-refractivity contribution >= 4 is 17.9 Å². The predicted molar refractivity (Wildman–Crippen MR) is 74.2 cm³/mol. The molecule has 100 valence electrons. The molecule has 0 bridgehead atoms. The average Bonchev–Trinajstić information content (AvgIpc) is 2.66. The van der Waals surface area contributed by atoms with Crippen molar-refractivity contribution in [3.05, 3.63) is 40.0 Å². The molecule has 1 heterocycles. The maximum atomic E-state index is 11.1. The first-order valence-corrected chi connectivity index (χ1v) is 6.39. The highest BCUT2D eigenvalue weighted by atomic mass is 35.5. The van der Waals surface area contributed by atoms with Gasteiger partial charge >= 0.3 is 0 Å². The van der Waals surface area contributed by atoms with E-state index in [0.717, 1.165) is 18.3 Å². The molecule has 0 saturated carbocycles. The highest BCUT2D eigenvalue weighted by molar-refractivity contribution is 6.31. The Balaban J connectivity index is 2.38. The molecule has 2 aromatic rings. The van der Waals surface area contributed by atoms with Crippen LogP contribution >= 0.6 is 11.6 Å².